The van der Waals surface area contributed by atoms with Gasteiger partial charge in [-0.3, -0.25) is 4.98 Å². The van der Waals surface area contributed by atoms with E-state index in [4.69, 9.17) is 0 Å². The number of pyridine rings is 1. The van der Waals surface area contributed by atoms with Gasteiger partial charge in [-0.05, 0) is 35.9 Å². The first-order valence-electron chi connectivity index (χ1n) is 5.77. The van der Waals surface area contributed by atoms with Crippen molar-refractivity contribution in [2.45, 2.75) is 46.5 Å². The number of hydrogen-bond donors (Lipinski definition) is 0. The first kappa shape index (κ1) is 11.5. The fourth-order valence-electron chi connectivity index (χ4n) is 1.95. The number of aryl methyl sites for hydroxylation is 1. The molecule has 2 heterocycles. The Kier molecular flexibility index (Phi) is 2.98. The summed E-state index contributed by atoms with van der Waals surface area (Å²) in [6.07, 6.45) is 2.02. The molecular formula is C13H18N2S. The minimum Gasteiger partial charge on any atom is -0.260 e. The highest BCUT2D eigenvalue weighted by Crippen LogP contribution is 2.34. The molecule has 0 aliphatic carbocycles. The molecule has 2 rings (SSSR count). The van der Waals surface area contributed by atoms with Crippen LogP contribution in [0.4, 0.5) is 0 Å². The summed E-state index contributed by atoms with van der Waals surface area (Å²) in [7, 11) is 0. The minimum absolute atomic E-state index is 0.480. The van der Waals surface area contributed by atoms with E-state index in [1.807, 2.05) is 6.20 Å². The monoisotopic (exact) mass is 234 g/mol. The molecule has 0 unspecified atom stereocenters. The second kappa shape index (κ2) is 4.13. The Balaban J connectivity index is 2.81. The lowest BCUT2D eigenvalue weighted by molar-refractivity contribution is 0.833. The van der Waals surface area contributed by atoms with Gasteiger partial charge in [-0.1, -0.05) is 27.7 Å². The molecule has 0 atom stereocenters. The second-order valence-electron chi connectivity index (χ2n) is 4.88. The van der Waals surface area contributed by atoms with Crippen LogP contribution < -0.4 is 0 Å². The van der Waals surface area contributed by atoms with Crippen LogP contribution in [0, 0.1) is 6.92 Å². The van der Waals surface area contributed by atoms with Crippen molar-refractivity contribution in [2.75, 3.05) is 0 Å². The van der Waals surface area contributed by atoms with Gasteiger partial charge in [0.2, 0.25) is 0 Å². The van der Waals surface area contributed by atoms with Crippen LogP contribution in [0.5, 0.6) is 0 Å². The lowest BCUT2D eigenvalue weighted by atomic mass is 9.96. The molecule has 0 radical (unpaired) electrons. The third-order valence-corrected chi connectivity index (χ3v) is 3.87. The number of rotatable bonds is 2. The van der Waals surface area contributed by atoms with Crippen molar-refractivity contribution in [3.8, 4) is 0 Å². The molecule has 0 saturated carbocycles. The van der Waals surface area contributed by atoms with Gasteiger partial charge < -0.3 is 0 Å². The van der Waals surface area contributed by atoms with Crippen LogP contribution in [0.15, 0.2) is 6.20 Å². The highest BCUT2D eigenvalue weighted by Gasteiger charge is 2.17. The van der Waals surface area contributed by atoms with Crippen molar-refractivity contribution in [2.24, 2.45) is 0 Å². The second-order valence-corrected chi connectivity index (χ2v) is 5.65. The zero-order chi connectivity index (χ0) is 11.9. The van der Waals surface area contributed by atoms with E-state index in [0.717, 1.165) is 5.69 Å². The van der Waals surface area contributed by atoms with Gasteiger partial charge in [-0.15, -0.1) is 0 Å². The van der Waals surface area contributed by atoms with Crippen molar-refractivity contribution in [3.05, 3.63) is 23.1 Å². The number of hydrogen-bond acceptors (Lipinski definition) is 3. The third-order valence-electron chi connectivity index (χ3n) is 2.90. The van der Waals surface area contributed by atoms with E-state index in [1.54, 1.807) is 11.5 Å². The first-order valence-corrected chi connectivity index (χ1v) is 6.54. The Morgan fingerprint density at radius 3 is 2.38 bits per heavy atom. The summed E-state index contributed by atoms with van der Waals surface area (Å²) in [5, 5.41) is 1.35. The van der Waals surface area contributed by atoms with Gasteiger partial charge in [-0.2, -0.15) is 4.37 Å². The maximum Gasteiger partial charge on any atom is 0.0768 e. The molecule has 2 aromatic rings. The van der Waals surface area contributed by atoms with Crippen LogP contribution in [0.2, 0.25) is 0 Å². The predicted molar refractivity (Wildman–Crippen MR) is 70.3 cm³/mol. The Bertz CT molecular complexity index is 512. The maximum absolute atomic E-state index is 4.60. The molecule has 0 spiro atoms. The van der Waals surface area contributed by atoms with Gasteiger partial charge >= 0.3 is 0 Å². The average Bonchev–Trinajstić information content (AvgIpc) is 2.62. The summed E-state index contributed by atoms with van der Waals surface area (Å²) in [5.41, 5.74) is 3.66. The number of aromatic nitrogens is 2. The fourth-order valence-corrected chi connectivity index (χ4v) is 2.94. The normalized spacial score (nSPS) is 11.9. The van der Waals surface area contributed by atoms with Gasteiger partial charge in [0, 0.05) is 11.6 Å². The van der Waals surface area contributed by atoms with E-state index in [1.165, 1.54) is 21.3 Å². The molecular weight excluding hydrogens is 216 g/mol. The Hall–Kier alpha value is -0.960. The molecule has 86 valence electrons. The maximum atomic E-state index is 4.60. The van der Waals surface area contributed by atoms with Crippen LogP contribution in [0.25, 0.3) is 10.1 Å². The van der Waals surface area contributed by atoms with E-state index < -0.39 is 0 Å². The molecule has 0 bridgehead atoms. The number of nitrogens with zero attached hydrogens (tertiary/aromatic N) is 2. The van der Waals surface area contributed by atoms with Crippen LogP contribution in [0.1, 0.15) is 56.5 Å². The van der Waals surface area contributed by atoms with Crippen LogP contribution in [-0.2, 0) is 0 Å². The average molecular weight is 234 g/mol. The van der Waals surface area contributed by atoms with Crippen molar-refractivity contribution in [1.29, 1.82) is 0 Å². The van der Waals surface area contributed by atoms with E-state index in [9.17, 15) is 0 Å². The van der Waals surface area contributed by atoms with Crippen molar-refractivity contribution in [1.82, 2.24) is 9.36 Å². The molecule has 2 aromatic heterocycles. The Labute approximate surface area is 101 Å². The molecule has 0 amide bonds. The Morgan fingerprint density at radius 2 is 1.81 bits per heavy atom. The van der Waals surface area contributed by atoms with Crippen molar-refractivity contribution < 1.29 is 0 Å². The quantitative estimate of drug-likeness (QED) is 0.776. The van der Waals surface area contributed by atoms with Crippen LogP contribution >= 0.6 is 11.5 Å². The van der Waals surface area contributed by atoms with E-state index >= 15 is 0 Å². The lowest BCUT2D eigenvalue weighted by Gasteiger charge is -2.10. The summed E-state index contributed by atoms with van der Waals surface area (Å²) in [6.45, 7) is 10.9. The van der Waals surface area contributed by atoms with Gasteiger partial charge in [-0.25, -0.2) is 0 Å². The largest absolute Gasteiger partial charge is 0.260 e. The summed E-state index contributed by atoms with van der Waals surface area (Å²) in [5.74, 6) is 0.984. The van der Waals surface area contributed by atoms with Gasteiger partial charge in [0.25, 0.3) is 0 Å². The first-order chi connectivity index (χ1) is 7.52. The zero-order valence-electron chi connectivity index (χ0n) is 10.5. The highest BCUT2D eigenvalue weighted by atomic mass is 32.1. The van der Waals surface area contributed by atoms with E-state index in [2.05, 4.69) is 44.0 Å². The molecule has 2 nitrogen and oxygen atoms in total. The molecule has 0 aliphatic rings. The van der Waals surface area contributed by atoms with Crippen molar-refractivity contribution >= 4 is 21.6 Å². The SMILES string of the molecule is Cc1ncc(C(C)C)c2c(C(C)C)nsc12. The summed E-state index contributed by atoms with van der Waals surface area (Å²) in [4.78, 5) is 4.47. The van der Waals surface area contributed by atoms with E-state index in [0.29, 0.717) is 11.8 Å². The lowest BCUT2D eigenvalue weighted by Crippen LogP contribution is -1.96. The summed E-state index contributed by atoms with van der Waals surface area (Å²) in [6, 6.07) is 0. The topological polar surface area (TPSA) is 25.8 Å². The standard InChI is InChI=1S/C13H18N2S/c1-7(2)10-6-14-9(5)13-11(10)12(8(3)4)15-16-13/h6-8H,1-5H3. The number of fused-ring (bicyclic) bond motifs is 1. The molecule has 0 aromatic carbocycles. The van der Waals surface area contributed by atoms with Crippen LogP contribution in [0.3, 0.4) is 0 Å². The molecule has 0 saturated heterocycles. The fraction of sp³-hybridized carbons (Fsp3) is 0.538. The minimum atomic E-state index is 0.480. The van der Waals surface area contributed by atoms with E-state index in [-0.39, 0.29) is 0 Å². The van der Waals surface area contributed by atoms with Crippen LogP contribution in [-0.4, -0.2) is 9.36 Å². The van der Waals surface area contributed by atoms with Gasteiger partial charge in [0.05, 0.1) is 16.1 Å². The van der Waals surface area contributed by atoms with Crippen molar-refractivity contribution in [3.63, 3.8) is 0 Å². The molecule has 0 aliphatic heterocycles. The summed E-state index contributed by atoms with van der Waals surface area (Å²) >= 11 is 1.59. The highest BCUT2D eigenvalue weighted by molar-refractivity contribution is 7.13. The van der Waals surface area contributed by atoms with Gasteiger partial charge in [0.15, 0.2) is 0 Å². The molecule has 0 N–H and O–H groups in total. The third kappa shape index (κ3) is 1.73. The summed E-state index contributed by atoms with van der Waals surface area (Å²) < 4.78 is 5.86. The smallest absolute Gasteiger partial charge is 0.0768 e. The molecule has 0 fully saturated rings. The zero-order valence-corrected chi connectivity index (χ0v) is 11.4. The molecule has 16 heavy (non-hydrogen) atoms. The Morgan fingerprint density at radius 1 is 1.12 bits per heavy atom. The molecule has 3 heteroatoms. The van der Waals surface area contributed by atoms with Gasteiger partial charge in [0.1, 0.15) is 0 Å². The predicted octanol–water partition coefficient (Wildman–Crippen LogP) is 4.25.